The van der Waals surface area contributed by atoms with Crippen LogP contribution >= 0.6 is 23.5 Å². The Morgan fingerprint density at radius 2 is 2.05 bits per heavy atom. The Morgan fingerprint density at radius 1 is 1.29 bits per heavy atom. The molecule has 1 aromatic heterocycles. The van der Waals surface area contributed by atoms with Gasteiger partial charge in [0.15, 0.2) is 5.82 Å². The highest BCUT2D eigenvalue weighted by atomic mass is 32.2. The average molecular weight is 319 g/mol. The summed E-state index contributed by atoms with van der Waals surface area (Å²) in [6.07, 6.45) is 0. The van der Waals surface area contributed by atoms with Crippen LogP contribution in [0, 0.1) is 17.0 Å². The molecule has 1 atom stereocenters. The molecule has 3 heterocycles. The fourth-order valence-corrected chi connectivity index (χ4v) is 4.62. The van der Waals surface area contributed by atoms with Gasteiger partial charge in [-0.25, -0.2) is 4.68 Å². The fraction of sp³-hybridized carbons (Fsp3) is 0.167. The molecule has 0 saturated carbocycles. The molecule has 0 spiro atoms. The lowest BCUT2D eigenvalue weighted by molar-refractivity contribution is -0.384. The summed E-state index contributed by atoms with van der Waals surface area (Å²) in [6.45, 7) is 1.91. The first kappa shape index (κ1) is 12.7. The number of rotatable bonds is 2. The number of nitro benzene ring substituents is 1. The molecular formula is C12H9N5O2S2. The van der Waals surface area contributed by atoms with Crippen molar-refractivity contribution in [1.29, 1.82) is 0 Å². The van der Waals surface area contributed by atoms with Crippen LogP contribution in [-0.4, -0.2) is 19.8 Å². The highest BCUT2D eigenvalue weighted by Gasteiger charge is 2.38. The maximum absolute atomic E-state index is 10.7. The molecule has 0 radical (unpaired) electrons. The molecule has 2 aromatic rings. The molecule has 7 nitrogen and oxygen atoms in total. The Labute approximate surface area is 128 Å². The quantitative estimate of drug-likeness (QED) is 0.622. The van der Waals surface area contributed by atoms with Crippen LogP contribution in [0.5, 0.6) is 0 Å². The van der Waals surface area contributed by atoms with Crippen molar-refractivity contribution in [2.45, 2.75) is 17.5 Å². The minimum atomic E-state index is -0.386. The minimum Gasteiger partial charge on any atom is -0.258 e. The van der Waals surface area contributed by atoms with Gasteiger partial charge in [-0.1, -0.05) is 11.8 Å². The van der Waals surface area contributed by atoms with Gasteiger partial charge in [-0.2, -0.15) is 0 Å². The highest BCUT2D eigenvalue weighted by molar-refractivity contribution is 8.07. The Morgan fingerprint density at radius 3 is 2.76 bits per heavy atom. The highest BCUT2D eigenvalue weighted by Crippen LogP contribution is 2.51. The van der Waals surface area contributed by atoms with Crippen LogP contribution in [0.3, 0.4) is 0 Å². The summed E-state index contributed by atoms with van der Waals surface area (Å²) < 4.78 is 1.99. The second kappa shape index (κ2) is 4.50. The first-order valence-electron chi connectivity index (χ1n) is 6.14. The van der Waals surface area contributed by atoms with Crippen molar-refractivity contribution in [3.8, 4) is 0 Å². The summed E-state index contributed by atoms with van der Waals surface area (Å²) in [5.74, 6) is 0.829. The van der Waals surface area contributed by atoms with Gasteiger partial charge in [-0.15, -0.1) is 10.2 Å². The molecule has 2 aliphatic rings. The van der Waals surface area contributed by atoms with E-state index in [2.05, 4.69) is 20.6 Å². The van der Waals surface area contributed by atoms with Crippen LogP contribution < -0.4 is 5.01 Å². The predicted molar refractivity (Wildman–Crippen MR) is 80.3 cm³/mol. The summed E-state index contributed by atoms with van der Waals surface area (Å²) in [5.41, 5.74) is 1.12. The van der Waals surface area contributed by atoms with E-state index in [4.69, 9.17) is 0 Å². The lowest BCUT2D eigenvalue weighted by Crippen LogP contribution is -2.30. The molecule has 0 bridgehead atoms. The minimum absolute atomic E-state index is 0.0456. The van der Waals surface area contributed by atoms with Crippen LogP contribution in [0.2, 0.25) is 0 Å². The van der Waals surface area contributed by atoms with E-state index in [0.29, 0.717) is 0 Å². The zero-order chi connectivity index (χ0) is 14.6. The van der Waals surface area contributed by atoms with E-state index in [1.807, 2.05) is 11.6 Å². The monoisotopic (exact) mass is 319 g/mol. The molecule has 106 valence electrons. The number of hydrogen-bond donors (Lipinski definition) is 0. The second-order valence-corrected chi connectivity index (χ2v) is 6.52. The number of non-ortho nitro benzene ring substituents is 1. The normalized spacial score (nSPS) is 19.4. The molecule has 2 aliphatic heterocycles. The number of hydrogen-bond acceptors (Lipinski definition) is 7. The predicted octanol–water partition coefficient (Wildman–Crippen LogP) is 2.78. The van der Waals surface area contributed by atoms with Gasteiger partial charge in [0.2, 0.25) is 5.16 Å². The summed E-state index contributed by atoms with van der Waals surface area (Å²) in [5, 5.41) is 25.2. The van der Waals surface area contributed by atoms with Crippen molar-refractivity contribution >= 4 is 29.2 Å². The van der Waals surface area contributed by atoms with E-state index < -0.39 is 0 Å². The van der Waals surface area contributed by atoms with Gasteiger partial charge in [0.25, 0.3) is 5.69 Å². The van der Waals surface area contributed by atoms with Crippen LogP contribution in [0.4, 0.5) is 5.69 Å². The third-order valence-corrected chi connectivity index (χ3v) is 5.50. The Balaban J connectivity index is 1.71. The van der Waals surface area contributed by atoms with E-state index in [0.717, 1.165) is 21.6 Å². The average Bonchev–Trinajstić information content (AvgIpc) is 3.11. The number of nitrogens with zero attached hydrogens (tertiary/aromatic N) is 5. The molecule has 0 aliphatic carbocycles. The van der Waals surface area contributed by atoms with Gasteiger partial charge < -0.3 is 0 Å². The number of aromatic nitrogens is 3. The molecule has 4 rings (SSSR count). The molecule has 21 heavy (non-hydrogen) atoms. The van der Waals surface area contributed by atoms with E-state index in [9.17, 15) is 10.1 Å². The van der Waals surface area contributed by atoms with Crippen LogP contribution in [0.1, 0.15) is 16.8 Å². The molecule has 0 saturated heterocycles. The Hall–Kier alpha value is -2.00. The van der Waals surface area contributed by atoms with Gasteiger partial charge in [0, 0.05) is 17.5 Å². The standard InChI is InChI=1S/C12H9N5O2S2/c1-7-13-14-12-15(7)16-10(21-12)6-20-11(16)8-2-4-9(5-3-8)17(18)19/h2-6,11H,1H3/t11-/m1/s1. The lowest BCUT2D eigenvalue weighted by atomic mass is 10.2. The number of fused-ring (bicyclic) bond motifs is 3. The molecule has 9 heteroatoms. The summed E-state index contributed by atoms with van der Waals surface area (Å²) in [7, 11) is 0. The topological polar surface area (TPSA) is 77.1 Å². The third kappa shape index (κ3) is 1.84. The van der Waals surface area contributed by atoms with Crippen LogP contribution in [0.25, 0.3) is 0 Å². The van der Waals surface area contributed by atoms with Gasteiger partial charge in [-0.05, 0) is 36.4 Å². The number of benzene rings is 1. The molecule has 0 fully saturated rings. The summed E-state index contributed by atoms with van der Waals surface area (Å²) in [4.78, 5) is 10.4. The van der Waals surface area contributed by atoms with Crippen LogP contribution in [-0.2, 0) is 0 Å². The summed E-state index contributed by atoms with van der Waals surface area (Å²) >= 11 is 3.26. The number of aryl methyl sites for hydroxylation is 1. The number of thioether (sulfide) groups is 2. The zero-order valence-corrected chi connectivity index (χ0v) is 12.5. The van der Waals surface area contributed by atoms with Gasteiger partial charge in [-0.3, -0.25) is 15.1 Å². The van der Waals surface area contributed by atoms with Gasteiger partial charge in [0.1, 0.15) is 10.4 Å². The second-order valence-electron chi connectivity index (χ2n) is 4.58. The Kier molecular flexibility index (Phi) is 2.73. The molecular weight excluding hydrogens is 310 g/mol. The largest absolute Gasteiger partial charge is 0.269 e. The molecule has 1 aromatic carbocycles. The van der Waals surface area contributed by atoms with Crippen molar-refractivity contribution in [3.05, 3.63) is 56.2 Å². The van der Waals surface area contributed by atoms with E-state index >= 15 is 0 Å². The summed E-state index contributed by atoms with van der Waals surface area (Å²) in [6, 6.07) is 6.68. The maximum atomic E-state index is 10.7. The van der Waals surface area contributed by atoms with Gasteiger partial charge in [0.05, 0.1) is 4.92 Å². The SMILES string of the molecule is Cc1nnc2n1N1C(=CS[C@@H]1c1ccc([N+](=O)[O-])cc1)S2. The Bertz CT molecular complexity index is 770. The van der Waals surface area contributed by atoms with E-state index in [1.54, 1.807) is 35.7 Å². The van der Waals surface area contributed by atoms with Crippen molar-refractivity contribution in [2.24, 2.45) is 0 Å². The smallest absolute Gasteiger partial charge is 0.258 e. The third-order valence-electron chi connectivity index (χ3n) is 3.31. The van der Waals surface area contributed by atoms with E-state index in [1.165, 1.54) is 12.1 Å². The van der Waals surface area contributed by atoms with Crippen molar-refractivity contribution in [2.75, 3.05) is 5.01 Å². The first-order valence-corrected chi connectivity index (χ1v) is 7.90. The zero-order valence-electron chi connectivity index (χ0n) is 10.8. The van der Waals surface area contributed by atoms with Crippen molar-refractivity contribution in [1.82, 2.24) is 14.9 Å². The molecule has 0 amide bonds. The molecule has 0 unspecified atom stereocenters. The van der Waals surface area contributed by atoms with Crippen molar-refractivity contribution < 1.29 is 4.92 Å². The first-order chi connectivity index (χ1) is 10.1. The number of nitro groups is 1. The van der Waals surface area contributed by atoms with Gasteiger partial charge >= 0.3 is 0 Å². The maximum Gasteiger partial charge on any atom is 0.269 e. The molecule has 0 N–H and O–H groups in total. The van der Waals surface area contributed by atoms with Crippen molar-refractivity contribution in [3.63, 3.8) is 0 Å². The van der Waals surface area contributed by atoms with Crippen LogP contribution in [0.15, 0.2) is 39.9 Å². The fourth-order valence-electron chi connectivity index (χ4n) is 2.35. The lowest BCUT2D eigenvalue weighted by Gasteiger charge is -2.25. The van der Waals surface area contributed by atoms with E-state index in [-0.39, 0.29) is 16.0 Å².